The van der Waals surface area contributed by atoms with Crippen molar-refractivity contribution in [2.24, 2.45) is 0 Å². The number of ether oxygens (including phenoxy) is 1. The number of hydrogen-bond acceptors (Lipinski definition) is 4. The number of aromatic nitrogens is 2. The van der Waals surface area contributed by atoms with Crippen LogP contribution in [0.3, 0.4) is 0 Å². The van der Waals surface area contributed by atoms with Crippen LogP contribution in [0.4, 0.5) is 10.2 Å². The Labute approximate surface area is 174 Å². The number of nitrogens with zero attached hydrogens (tertiary/aromatic N) is 3. The molecule has 1 aromatic heterocycles. The van der Waals surface area contributed by atoms with Crippen LogP contribution >= 0.6 is 0 Å². The van der Waals surface area contributed by atoms with E-state index in [0.717, 1.165) is 27.7 Å². The lowest BCUT2D eigenvalue weighted by Crippen LogP contribution is -2.40. The van der Waals surface area contributed by atoms with Crippen molar-refractivity contribution in [3.63, 3.8) is 0 Å². The fraction of sp³-hybridized carbons (Fsp3) is 0.200. The van der Waals surface area contributed by atoms with Gasteiger partial charge in [-0.05, 0) is 53.4 Å². The summed E-state index contributed by atoms with van der Waals surface area (Å²) in [4.78, 5) is 2.22. The molecule has 4 nitrogen and oxygen atoms in total. The molecule has 1 saturated heterocycles. The van der Waals surface area contributed by atoms with Crippen molar-refractivity contribution in [3.05, 3.63) is 89.9 Å². The molecular weight excluding hydrogens is 377 g/mol. The van der Waals surface area contributed by atoms with Crippen LogP contribution in [0.15, 0.2) is 72.9 Å². The monoisotopic (exact) mass is 399 g/mol. The van der Waals surface area contributed by atoms with Gasteiger partial charge in [0.2, 0.25) is 0 Å². The second-order valence-corrected chi connectivity index (χ2v) is 7.62. The normalized spacial score (nSPS) is 16.7. The Hall–Kier alpha value is -3.31. The molecule has 5 rings (SSSR count). The van der Waals surface area contributed by atoms with Crippen molar-refractivity contribution in [2.45, 2.75) is 13.0 Å². The highest BCUT2D eigenvalue weighted by Gasteiger charge is 2.27. The first-order valence-corrected chi connectivity index (χ1v) is 10.1. The Bertz CT molecular complexity index is 1190. The van der Waals surface area contributed by atoms with E-state index < -0.39 is 0 Å². The Morgan fingerprint density at radius 1 is 1.03 bits per heavy atom. The van der Waals surface area contributed by atoms with E-state index in [-0.39, 0.29) is 11.9 Å². The summed E-state index contributed by atoms with van der Waals surface area (Å²) in [5.41, 5.74) is 4.63. The molecule has 1 atom stereocenters. The number of anilines is 1. The quantitative estimate of drug-likeness (QED) is 0.467. The van der Waals surface area contributed by atoms with Crippen LogP contribution in [0.25, 0.3) is 21.9 Å². The van der Waals surface area contributed by atoms with Crippen LogP contribution in [-0.2, 0) is 4.74 Å². The van der Waals surface area contributed by atoms with Gasteiger partial charge in [-0.15, -0.1) is 5.10 Å². The van der Waals surface area contributed by atoms with Crippen molar-refractivity contribution >= 4 is 16.6 Å². The van der Waals surface area contributed by atoms with Gasteiger partial charge in [0.05, 0.1) is 25.5 Å². The highest BCUT2D eigenvalue weighted by atomic mass is 19.1. The first kappa shape index (κ1) is 18.7. The highest BCUT2D eigenvalue weighted by molar-refractivity contribution is 5.94. The number of hydrogen-bond donors (Lipinski definition) is 0. The van der Waals surface area contributed by atoms with Gasteiger partial charge in [-0.25, -0.2) is 4.39 Å². The SMILES string of the molecule is Cc1ccccc1-c1ccc2c(N3CCOCC3c3ccc(F)cc3)nncc2c1. The maximum atomic E-state index is 13.4. The maximum absolute atomic E-state index is 13.4. The van der Waals surface area contributed by atoms with Gasteiger partial charge in [0.25, 0.3) is 0 Å². The summed E-state index contributed by atoms with van der Waals surface area (Å²) in [7, 11) is 0. The third-order valence-electron chi connectivity index (χ3n) is 5.75. The molecule has 0 saturated carbocycles. The van der Waals surface area contributed by atoms with E-state index in [1.165, 1.54) is 23.3 Å². The molecule has 5 heteroatoms. The zero-order chi connectivity index (χ0) is 20.5. The van der Waals surface area contributed by atoms with Gasteiger partial charge in [-0.2, -0.15) is 5.10 Å². The first-order valence-electron chi connectivity index (χ1n) is 10.1. The second-order valence-electron chi connectivity index (χ2n) is 7.62. The number of halogens is 1. The standard InChI is InChI=1S/C25H22FN3O/c1-17-4-2-3-5-22(17)19-8-11-23-20(14-19)15-27-28-25(23)29-12-13-30-16-24(29)18-6-9-21(26)10-7-18/h2-11,14-15,24H,12-13,16H2,1H3. The smallest absolute Gasteiger partial charge is 0.159 e. The summed E-state index contributed by atoms with van der Waals surface area (Å²) in [6, 6.07) is 21.4. The fourth-order valence-electron chi connectivity index (χ4n) is 4.17. The first-order chi connectivity index (χ1) is 14.7. The Morgan fingerprint density at radius 3 is 2.70 bits per heavy atom. The minimum absolute atomic E-state index is 0.0321. The molecule has 0 N–H and O–H groups in total. The highest BCUT2D eigenvalue weighted by Crippen LogP contribution is 2.35. The van der Waals surface area contributed by atoms with Gasteiger partial charge in [0.1, 0.15) is 5.82 Å². The Morgan fingerprint density at radius 2 is 1.87 bits per heavy atom. The molecule has 1 fully saturated rings. The van der Waals surface area contributed by atoms with Crippen LogP contribution in [0.1, 0.15) is 17.2 Å². The molecule has 0 spiro atoms. The number of rotatable bonds is 3. The van der Waals surface area contributed by atoms with E-state index in [1.54, 1.807) is 0 Å². The van der Waals surface area contributed by atoms with Gasteiger partial charge in [-0.3, -0.25) is 0 Å². The molecule has 1 aliphatic heterocycles. The van der Waals surface area contributed by atoms with Crippen molar-refractivity contribution in [2.75, 3.05) is 24.7 Å². The summed E-state index contributed by atoms with van der Waals surface area (Å²) in [6.07, 6.45) is 1.81. The van der Waals surface area contributed by atoms with Crippen molar-refractivity contribution in [3.8, 4) is 11.1 Å². The molecular formula is C25H22FN3O. The van der Waals surface area contributed by atoms with Gasteiger partial charge >= 0.3 is 0 Å². The summed E-state index contributed by atoms with van der Waals surface area (Å²) in [5, 5.41) is 10.9. The molecule has 0 amide bonds. The number of benzene rings is 3. The molecule has 30 heavy (non-hydrogen) atoms. The van der Waals surface area contributed by atoms with Crippen molar-refractivity contribution in [1.82, 2.24) is 10.2 Å². The molecule has 1 unspecified atom stereocenters. The predicted molar refractivity (Wildman–Crippen MR) is 117 cm³/mol. The van der Waals surface area contributed by atoms with Gasteiger partial charge in [-0.1, -0.05) is 42.5 Å². The zero-order valence-corrected chi connectivity index (χ0v) is 16.8. The lowest BCUT2D eigenvalue weighted by molar-refractivity contribution is 0.0938. The van der Waals surface area contributed by atoms with Crippen LogP contribution in [-0.4, -0.2) is 30.0 Å². The predicted octanol–water partition coefficient (Wildman–Crippen LogP) is 5.32. The van der Waals surface area contributed by atoms with E-state index in [2.05, 4.69) is 64.5 Å². The lowest BCUT2D eigenvalue weighted by atomic mass is 9.98. The molecule has 4 aromatic rings. The largest absolute Gasteiger partial charge is 0.377 e. The third kappa shape index (κ3) is 3.42. The summed E-state index contributed by atoms with van der Waals surface area (Å²) in [6.45, 7) is 3.98. The summed E-state index contributed by atoms with van der Waals surface area (Å²) < 4.78 is 19.2. The van der Waals surface area contributed by atoms with Crippen molar-refractivity contribution in [1.29, 1.82) is 0 Å². The topological polar surface area (TPSA) is 38.2 Å². The van der Waals surface area contributed by atoms with E-state index in [9.17, 15) is 4.39 Å². The van der Waals surface area contributed by atoms with Gasteiger partial charge in [0.15, 0.2) is 5.82 Å². The van der Waals surface area contributed by atoms with Crippen LogP contribution in [0, 0.1) is 12.7 Å². The van der Waals surface area contributed by atoms with Gasteiger partial charge in [0, 0.05) is 17.3 Å². The average Bonchev–Trinajstić information content (AvgIpc) is 2.79. The third-order valence-corrected chi connectivity index (χ3v) is 5.75. The van der Waals surface area contributed by atoms with E-state index in [1.807, 2.05) is 18.3 Å². The molecule has 150 valence electrons. The van der Waals surface area contributed by atoms with E-state index >= 15 is 0 Å². The lowest BCUT2D eigenvalue weighted by Gasteiger charge is -2.37. The summed E-state index contributed by atoms with van der Waals surface area (Å²) >= 11 is 0. The molecule has 0 bridgehead atoms. The van der Waals surface area contributed by atoms with Crippen molar-refractivity contribution < 1.29 is 9.13 Å². The minimum Gasteiger partial charge on any atom is -0.377 e. The Balaban J connectivity index is 1.57. The van der Waals surface area contributed by atoms with E-state index in [4.69, 9.17) is 4.74 Å². The average molecular weight is 399 g/mol. The number of fused-ring (bicyclic) bond motifs is 1. The van der Waals surface area contributed by atoms with Crippen LogP contribution in [0.5, 0.6) is 0 Å². The second kappa shape index (κ2) is 7.84. The zero-order valence-electron chi connectivity index (χ0n) is 16.8. The Kier molecular flexibility index (Phi) is 4.89. The van der Waals surface area contributed by atoms with E-state index in [0.29, 0.717) is 19.8 Å². The maximum Gasteiger partial charge on any atom is 0.159 e. The summed E-state index contributed by atoms with van der Waals surface area (Å²) in [5.74, 6) is 0.595. The molecule has 2 heterocycles. The molecule has 0 aliphatic carbocycles. The van der Waals surface area contributed by atoms with Gasteiger partial charge < -0.3 is 9.64 Å². The van der Waals surface area contributed by atoms with Crippen LogP contribution in [0.2, 0.25) is 0 Å². The minimum atomic E-state index is -0.240. The van der Waals surface area contributed by atoms with Crippen LogP contribution < -0.4 is 4.90 Å². The molecule has 3 aromatic carbocycles. The molecule has 0 radical (unpaired) electrons. The number of aryl methyl sites for hydroxylation is 1. The fourth-order valence-corrected chi connectivity index (χ4v) is 4.17. The number of morpholine rings is 1. The molecule has 1 aliphatic rings.